The highest BCUT2D eigenvalue weighted by Gasteiger charge is 2.22. The highest BCUT2D eigenvalue weighted by molar-refractivity contribution is 5.31. The molecule has 3 rings (SSSR count). The summed E-state index contributed by atoms with van der Waals surface area (Å²) in [6.45, 7) is 0.904. The molecule has 0 spiro atoms. The van der Waals surface area contributed by atoms with Crippen molar-refractivity contribution in [1.82, 2.24) is 9.55 Å². The van der Waals surface area contributed by atoms with Gasteiger partial charge in [0.2, 0.25) is 0 Å². The average Bonchev–Trinajstić information content (AvgIpc) is 2.57. The molecule has 2 aromatic rings. The van der Waals surface area contributed by atoms with Gasteiger partial charge in [0.25, 0.3) is 5.56 Å². The highest BCUT2D eigenvalue weighted by atomic mass is 16.1. The molecule has 1 aromatic heterocycles. The largest absolute Gasteiger partial charge is 0.370 e. The minimum absolute atomic E-state index is 0.0229. The van der Waals surface area contributed by atoms with E-state index in [0.29, 0.717) is 17.7 Å². The first-order chi connectivity index (χ1) is 10.7. The van der Waals surface area contributed by atoms with Crippen molar-refractivity contribution in [3.63, 3.8) is 0 Å². The molecule has 4 heteroatoms. The van der Waals surface area contributed by atoms with Crippen LogP contribution in [-0.4, -0.2) is 16.1 Å². The fraction of sp³-hybridized carbons (Fsp3) is 0.444. The number of aromatic nitrogens is 2. The van der Waals surface area contributed by atoms with E-state index >= 15 is 0 Å². The smallest absolute Gasteiger partial charge is 0.255 e. The molecule has 1 fully saturated rings. The molecule has 0 amide bonds. The number of anilines is 1. The molecular formula is C18H23N3O. The Hall–Kier alpha value is -2.10. The summed E-state index contributed by atoms with van der Waals surface area (Å²) in [7, 11) is 1.71. The van der Waals surface area contributed by atoms with Gasteiger partial charge in [0.15, 0.2) is 0 Å². The van der Waals surface area contributed by atoms with Crippen LogP contribution in [0.4, 0.5) is 5.82 Å². The van der Waals surface area contributed by atoms with Gasteiger partial charge in [-0.15, -0.1) is 0 Å². The van der Waals surface area contributed by atoms with E-state index in [4.69, 9.17) is 0 Å². The summed E-state index contributed by atoms with van der Waals surface area (Å²) < 4.78 is 1.48. The van der Waals surface area contributed by atoms with Crippen LogP contribution in [-0.2, 0) is 7.05 Å². The molecule has 0 atom stereocenters. The van der Waals surface area contributed by atoms with Crippen LogP contribution >= 0.6 is 0 Å². The Labute approximate surface area is 131 Å². The molecule has 1 aliphatic carbocycles. The van der Waals surface area contributed by atoms with Crippen LogP contribution in [0, 0.1) is 5.92 Å². The minimum atomic E-state index is -0.0229. The van der Waals surface area contributed by atoms with Gasteiger partial charge < -0.3 is 9.88 Å². The van der Waals surface area contributed by atoms with Gasteiger partial charge in [-0.05, 0) is 43.1 Å². The fourth-order valence-electron chi connectivity index (χ4n) is 3.23. The summed E-state index contributed by atoms with van der Waals surface area (Å²) >= 11 is 0. The van der Waals surface area contributed by atoms with Crippen LogP contribution < -0.4 is 10.9 Å². The van der Waals surface area contributed by atoms with E-state index in [9.17, 15) is 4.79 Å². The van der Waals surface area contributed by atoms with Gasteiger partial charge in [-0.1, -0.05) is 30.3 Å². The third kappa shape index (κ3) is 3.56. The Morgan fingerprint density at radius 3 is 2.59 bits per heavy atom. The number of rotatable bonds is 4. The molecule has 1 heterocycles. The zero-order chi connectivity index (χ0) is 15.4. The Morgan fingerprint density at radius 1 is 1.18 bits per heavy atom. The third-order valence-electron chi connectivity index (χ3n) is 4.67. The lowest BCUT2D eigenvalue weighted by atomic mass is 9.79. The number of nitrogens with zero attached hydrogens (tertiary/aromatic N) is 2. The number of hydrogen-bond acceptors (Lipinski definition) is 3. The van der Waals surface area contributed by atoms with Gasteiger partial charge in [-0.25, -0.2) is 4.98 Å². The van der Waals surface area contributed by atoms with E-state index in [-0.39, 0.29) is 5.56 Å². The Bertz CT molecular complexity index is 658. The second-order valence-corrected chi connectivity index (χ2v) is 6.23. The SMILES string of the molecule is Cn1cnc(NCC2CCC(c3ccccc3)CC2)cc1=O. The van der Waals surface area contributed by atoms with Gasteiger partial charge in [0.1, 0.15) is 5.82 Å². The second-order valence-electron chi connectivity index (χ2n) is 6.23. The second kappa shape index (κ2) is 6.77. The first kappa shape index (κ1) is 14.8. The maximum Gasteiger partial charge on any atom is 0.255 e. The van der Waals surface area contributed by atoms with E-state index in [0.717, 1.165) is 6.54 Å². The van der Waals surface area contributed by atoms with Crippen molar-refractivity contribution in [2.24, 2.45) is 13.0 Å². The molecule has 0 unspecified atom stereocenters. The van der Waals surface area contributed by atoms with Crippen LogP contribution in [0.2, 0.25) is 0 Å². The van der Waals surface area contributed by atoms with Gasteiger partial charge in [0, 0.05) is 19.7 Å². The molecule has 1 N–H and O–H groups in total. The van der Waals surface area contributed by atoms with Crippen LogP contribution in [0.3, 0.4) is 0 Å². The molecule has 0 aliphatic heterocycles. The molecule has 4 nitrogen and oxygen atoms in total. The molecule has 0 bridgehead atoms. The minimum Gasteiger partial charge on any atom is -0.370 e. The molecular weight excluding hydrogens is 274 g/mol. The van der Waals surface area contributed by atoms with E-state index in [1.54, 1.807) is 19.4 Å². The lowest BCUT2D eigenvalue weighted by molar-refractivity contribution is 0.338. The number of nitrogens with one attached hydrogen (secondary N) is 1. The summed E-state index contributed by atoms with van der Waals surface area (Å²) in [4.78, 5) is 15.8. The summed E-state index contributed by atoms with van der Waals surface area (Å²) in [5.74, 6) is 2.07. The zero-order valence-corrected chi connectivity index (χ0v) is 13.0. The van der Waals surface area contributed by atoms with E-state index in [1.165, 1.54) is 35.8 Å². The summed E-state index contributed by atoms with van der Waals surface area (Å²) in [5, 5.41) is 3.31. The van der Waals surface area contributed by atoms with Crippen LogP contribution in [0.1, 0.15) is 37.2 Å². The Kier molecular flexibility index (Phi) is 4.56. The summed E-state index contributed by atoms with van der Waals surface area (Å²) in [6, 6.07) is 12.4. The molecule has 116 valence electrons. The first-order valence-electron chi connectivity index (χ1n) is 8.04. The molecule has 0 saturated heterocycles. The van der Waals surface area contributed by atoms with Crippen molar-refractivity contribution >= 4 is 5.82 Å². The van der Waals surface area contributed by atoms with Crippen molar-refractivity contribution in [2.45, 2.75) is 31.6 Å². The van der Waals surface area contributed by atoms with Gasteiger partial charge in [-0.2, -0.15) is 0 Å². The Morgan fingerprint density at radius 2 is 1.91 bits per heavy atom. The van der Waals surface area contributed by atoms with Crippen LogP contribution in [0.15, 0.2) is 47.5 Å². The monoisotopic (exact) mass is 297 g/mol. The maximum atomic E-state index is 11.6. The molecule has 0 radical (unpaired) electrons. The van der Waals surface area contributed by atoms with Crippen molar-refractivity contribution in [2.75, 3.05) is 11.9 Å². The lowest BCUT2D eigenvalue weighted by Crippen LogP contribution is -2.22. The van der Waals surface area contributed by atoms with Crippen molar-refractivity contribution < 1.29 is 0 Å². The first-order valence-corrected chi connectivity index (χ1v) is 8.04. The zero-order valence-electron chi connectivity index (χ0n) is 13.0. The Balaban J connectivity index is 1.50. The topological polar surface area (TPSA) is 46.9 Å². The molecule has 1 aromatic carbocycles. The quantitative estimate of drug-likeness (QED) is 0.943. The fourth-order valence-corrected chi connectivity index (χ4v) is 3.23. The highest BCUT2D eigenvalue weighted by Crippen LogP contribution is 2.35. The van der Waals surface area contributed by atoms with Crippen molar-refractivity contribution in [1.29, 1.82) is 0 Å². The van der Waals surface area contributed by atoms with E-state index < -0.39 is 0 Å². The predicted octanol–water partition coefficient (Wildman–Crippen LogP) is 3.17. The number of benzene rings is 1. The summed E-state index contributed by atoms with van der Waals surface area (Å²) in [6.07, 6.45) is 6.53. The van der Waals surface area contributed by atoms with E-state index in [2.05, 4.69) is 40.6 Å². The number of aryl methyl sites for hydroxylation is 1. The van der Waals surface area contributed by atoms with Gasteiger partial charge in [0.05, 0.1) is 6.33 Å². The van der Waals surface area contributed by atoms with Crippen molar-refractivity contribution in [3.8, 4) is 0 Å². The summed E-state index contributed by atoms with van der Waals surface area (Å²) in [5.41, 5.74) is 1.45. The van der Waals surface area contributed by atoms with Crippen molar-refractivity contribution in [3.05, 3.63) is 58.6 Å². The maximum absolute atomic E-state index is 11.6. The number of hydrogen-bond donors (Lipinski definition) is 1. The normalized spacial score (nSPS) is 21.5. The molecule has 1 aliphatic rings. The lowest BCUT2D eigenvalue weighted by Gasteiger charge is -2.29. The average molecular weight is 297 g/mol. The van der Waals surface area contributed by atoms with Gasteiger partial charge >= 0.3 is 0 Å². The molecule has 1 saturated carbocycles. The standard InChI is InChI=1S/C18H23N3O/c1-21-13-20-17(11-18(21)22)19-12-14-7-9-16(10-8-14)15-5-3-2-4-6-15/h2-6,11,13-14,16,19H,7-10,12H2,1H3. The molecule has 22 heavy (non-hydrogen) atoms. The predicted molar refractivity (Wildman–Crippen MR) is 89.1 cm³/mol. The van der Waals surface area contributed by atoms with Gasteiger partial charge in [-0.3, -0.25) is 4.79 Å². The van der Waals surface area contributed by atoms with Crippen LogP contribution in [0.5, 0.6) is 0 Å². The van der Waals surface area contributed by atoms with Crippen LogP contribution in [0.25, 0.3) is 0 Å². The van der Waals surface area contributed by atoms with E-state index in [1.807, 2.05) is 0 Å². The third-order valence-corrected chi connectivity index (χ3v) is 4.67.